The van der Waals surface area contributed by atoms with E-state index in [2.05, 4.69) is 252 Å². The van der Waals surface area contributed by atoms with Crippen molar-refractivity contribution in [3.05, 3.63) is 448 Å². The number of nitrogens with zero attached hydrogens (tertiary/aromatic N) is 1. The lowest BCUT2D eigenvalue weighted by molar-refractivity contribution is 0.287. The highest BCUT2D eigenvalue weighted by Crippen LogP contribution is 2.58. The number of anilines is 3. The lowest BCUT2D eigenvalue weighted by atomic mass is 9.60. The molecule has 1 aliphatic carbocycles. The van der Waals surface area contributed by atoms with Gasteiger partial charge in [-0.1, -0.05) is 272 Å². The predicted molar refractivity (Wildman–Crippen MR) is 470 cm³/mol. The quantitative estimate of drug-likeness (QED) is 0.0424. The SMILES string of the molecule is C=Cc1ccc(OCCCCCCOc2ccc(S(=O)(=O)c3ccc(Br)cc3)cc2)cc1.C=Cc1ccc(OCCCCCCOc2ccc(S(=O)(=O)c3ccc(N4c5ccccc5C(c5ccccc5)(c5ccccc5)c5ccccc54)cc3)cc2)cc1.c1ccc(C2(c3ccccc3)c3ccccc3Cc3ccccc32)cc1. The number of rotatable bonds is 29. The molecule has 0 radical (unpaired) electrons. The largest absolute Gasteiger partial charge is 0.494 e. The van der Waals surface area contributed by atoms with Crippen LogP contribution in [0.2, 0.25) is 0 Å². The van der Waals surface area contributed by atoms with Crippen LogP contribution in [0.15, 0.2) is 401 Å². The monoisotopic (exact) mass is 1610 g/mol. The fourth-order valence-electron chi connectivity index (χ4n) is 15.7. The molecule has 0 atom stereocenters. The topological polar surface area (TPSA) is 108 Å². The van der Waals surface area contributed by atoms with E-state index in [1.165, 1.54) is 44.5 Å². The Bertz CT molecular complexity index is 5580. The van der Waals surface area contributed by atoms with Crippen LogP contribution < -0.4 is 23.8 Å². The molecule has 0 saturated carbocycles. The van der Waals surface area contributed by atoms with Crippen molar-refractivity contribution in [3.8, 4) is 23.0 Å². The Morgan fingerprint density at radius 1 is 0.296 bits per heavy atom. The van der Waals surface area contributed by atoms with Gasteiger partial charge in [0.05, 0.1) is 68.2 Å². The van der Waals surface area contributed by atoms with E-state index in [-0.39, 0.29) is 25.0 Å². The Labute approximate surface area is 686 Å². The summed E-state index contributed by atoms with van der Waals surface area (Å²) >= 11 is 3.32. The molecule has 0 unspecified atom stereocenters. The normalized spacial score (nSPS) is 12.8. The van der Waals surface area contributed by atoms with Crippen molar-refractivity contribution in [2.24, 2.45) is 0 Å². The van der Waals surface area contributed by atoms with Crippen LogP contribution >= 0.6 is 15.9 Å². The van der Waals surface area contributed by atoms with Crippen molar-refractivity contribution in [3.63, 3.8) is 0 Å². The standard InChI is InChI=1S/C51H45NO4S.C26H27BrO4S.C26H20/c1-2-39-25-29-43(30-26-39)55-37-15-3-4-16-38-56-44-31-35-46(36-32-44)57(53,54)45-33-27-42(28-34-45)52-49-23-13-11-21-47(49)51(40-17-7-5-8-18-40,41-19-9-6-10-20-41)48-22-12-14-24-50(48)52;1-2-21-7-11-23(12-8-21)30-19-5-3-4-6-20-31-24-13-17-26(18-14-24)32(28,29)25-15-9-22(27)10-16-25;1-3-13-22(14-4-1)26(23-15-5-2-6-16-23)24-17-9-7-11-20(24)19-21-12-8-10-18-25(21)26/h2,5-14,17-36H,1,3-4,15-16,37-38H2;2,7-18H,1,3-6,19-20H2;1-18H,19H2. The summed E-state index contributed by atoms with van der Waals surface area (Å²) in [7, 11) is -7.29. The van der Waals surface area contributed by atoms with Crippen molar-refractivity contribution >= 4 is 64.8 Å². The van der Waals surface area contributed by atoms with E-state index >= 15 is 0 Å². The summed E-state index contributed by atoms with van der Waals surface area (Å²) in [5.41, 5.74) is 17.2. The van der Waals surface area contributed by atoms with E-state index in [9.17, 15) is 16.8 Å². The number of fused-ring (bicyclic) bond motifs is 4. The Morgan fingerprint density at radius 2 is 0.557 bits per heavy atom. The van der Waals surface area contributed by atoms with Crippen LogP contribution in [0.4, 0.5) is 17.1 Å². The van der Waals surface area contributed by atoms with Gasteiger partial charge in [0.15, 0.2) is 0 Å². The fraction of sp³-hybridized carbons (Fsp3) is 0.146. The van der Waals surface area contributed by atoms with Gasteiger partial charge in [-0.05, 0) is 258 Å². The van der Waals surface area contributed by atoms with Crippen LogP contribution in [-0.4, -0.2) is 43.3 Å². The van der Waals surface area contributed by atoms with E-state index in [0.29, 0.717) is 37.9 Å². The van der Waals surface area contributed by atoms with Gasteiger partial charge in [-0.15, -0.1) is 0 Å². The first-order valence-corrected chi connectivity index (χ1v) is 43.1. The third-order valence-corrected chi connectivity index (χ3v) is 25.4. The molecule has 0 N–H and O–H groups in total. The molecule has 0 aromatic heterocycles. The van der Waals surface area contributed by atoms with Gasteiger partial charge >= 0.3 is 0 Å². The first-order valence-electron chi connectivity index (χ1n) is 39.3. The number of para-hydroxylation sites is 2. The smallest absolute Gasteiger partial charge is 0.206 e. The number of sulfone groups is 2. The number of hydrogen-bond acceptors (Lipinski definition) is 9. The molecule has 0 bridgehead atoms. The molecule has 9 nitrogen and oxygen atoms in total. The molecule has 0 amide bonds. The molecule has 576 valence electrons. The van der Waals surface area contributed by atoms with E-state index in [1.54, 1.807) is 84.9 Å². The summed E-state index contributed by atoms with van der Waals surface area (Å²) < 4.78 is 77.2. The van der Waals surface area contributed by atoms with Gasteiger partial charge in [0.25, 0.3) is 0 Å². The van der Waals surface area contributed by atoms with Gasteiger partial charge in [-0.3, -0.25) is 0 Å². The van der Waals surface area contributed by atoms with Gasteiger partial charge in [-0.2, -0.15) is 0 Å². The number of benzene rings is 14. The highest BCUT2D eigenvalue weighted by Gasteiger charge is 2.47. The molecule has 2 aliphatic rings. The van der Waals surface area contributed by atoms with Crippen LogP contribution in [0.5, 0.6) is 23.0 Å². The first kappa shape index (κ1) is 79.6. The molecular weight excluding hydrogens is 1520 g/mol. The molecule has 0 spiro atoms. The fourth-order valence-corrected chi connectivity index (χ4v) is 18.4. The summed E-state index contributed by atoms with van der Waals surface area (Å²) in [5, 5.41) is 0. The molecule has 14 aromatic rings. The zero-order chi connectivity index (χ0) is 79.3. The molecule has 1 heterocycles. The van der Waals surface area contributed by atoms with Gasteiger partial charge in [-0.25, -0.2) is 16.8 Å². The maximum absolute atomic E-state index is 13.9. The maximum atomic E-state index is 13.9. The van der Waals surface area contributed by atoms with Gasteiger partial charge in [0.1, 0.15) is 23.0 Å². The number of halogens is 1. The lowest BCUT2D eigenvalue weighted by Gasteiger charge is -2.46. The second kappa shape index (κ2) is 37.7. The van der Waals surface area contributed by atoms with E-state index in [1.807, 2.05) is 72.8 Å². The van der Waals surface area contributed by atoms with Crippen molar-refractivity contribution in [2.45, 2.75) is 88.2 Å². The Balaban J connectivity index is 0.000000158. The average Bonchev–Trinajstić information content (AvgIpc) is 0.721. The molecule has 1 aliphatic heterocycles. The summed E-state index contributed by atoms with van der Waals surface area (Å²) in [6.45, 7) is 10.1. The molecule has 0 fully saturated rings. The summed E-state index contributed by atoms with van der Waals surface area (Å²) in [4.78, 5) is 3.23. The Morgan fingerprint density at radius 3 is 0.878 bits per heavy atom. The third-order valence-electron chi connectivity index (χ3n) is 21.3. The van der Waals surface area contributed by atoms with Gasteiger partial charge in [0.2, 0.25) is 19.7 Å². The van der Waals surface area contributed by atoms with Crippen LogP contribution in [0, 0.1) is 0 Å². The molecular formula is C103H92BrNO8S2. The van der Waals surface area contributed by atoms with Crippen LogP contribution in [0.1, 0.15) is 118 Å². The van der Waals surface area contributed by atoms with E-state index < -0.39 is 25.1 Å². The molecule has 16 rings (SSSR count). The summed E-state index contributed by atoms with van der Waals surface area (Å²) in [6, 6.07) is 121. The van der Waals surface area contributed by atoms with Crippen molar-refractivity contribution in [1.29, 1.82) is 0 Å². The molecule has 12 heteroatoms. The second-order valence-corrected chi connectivity index (χ2v) is 33.3. The van der Waals surface area contributed by atoms with Crippen LogP contribution in [0.3, 0.4) is 0 Å². The summed E-state index contributed by atoms with van der Waals surface area (Å²) in [5.74, 6) is 3.08. The zero-order valence-corrected chi connectivity index (χ0v) is 67.5. The van der Waals surface area contributed by atoms with E-state index in [4.69, 9.17) is 18.9 Å². The highest BCUT2D eigenvalue weighted by atomic mass is 79.9. The van der Waals surface area contributed by atoms with Crippen molar-refractivity contribution in [1.82, 2.24) is 0 Å². The summed E-state index contributed by atoms with van der Waals surface area (Å²) in [6.07, 6.45) is 12.6. The number of hydrogen-bond donors (Lipinski definition) is 0. The average molecular weight is 1620 g/mol. The number of ether oxygens (including phenoxy) is 4. The van der Waals surface area contributed by atoms with Crippen molar-refractivity contribution in [2.75, 3.05) is 31.3 Å². The first-order chi connectivity index (χ1) is 56.4. The van der Waals surface area contributed by atoms with Crippen LogP contribution in [-0.2, 0) is 36.9 Å². The van der Waals surface area contributed by atoms with Gasteiger partial charge in [0, 0.05) is 10.2 Å². The Kier molecular flexibility index (Phi) is 26.1. The van der Waals surface area contributed by atoms with Crippen molar-refractivity contribution < 1.29 is 35.8 Å². The molecule has 14 aromatic carbocycles. The minimum absolute atomic E-state index is 0.228. The molecule has 115 heavy (non-hydrogen) atoms. The number of unbranched alkanes of at least 4 members (excludes halogenated alkanes) is 6. The lowest BCUT2D eigenvalue weighted by Crippen LogP contribution is -2.37. The minimum Gasteiger partial charge on any atom is -0.494 e. The van der Waals surface area contributed by atoms with Gasteiger partial charge < -0.3 is 23.8 Å². The highest BCUT2D eigenvalue weighted by molar-refractivity contribution is 9.10. The third kappa shape index (κ3) is 18.0. The Hall–Kier alpha value is -12.1. The maximum Gasteiger partial charge on any atom is 0.206 e. The zero-order valence-electron chi connectivity index (χ0n) is 64.3. The second-order valence-electron chi connectivity index (χ2n) is 28.5. The van der Waals surface area contributed by atoms with E-state index in [0.717, 1.165) is 113 Å². The predicted octanol–water partition coefficient (Wildman–Crippen LogP) is 25.3. The van der Waals surface area contributed by atoms with Crippen LogP contribution in [0.25, 0.3) is 12.2 Å². The molecule has 0 saturated heterocycles. The minimum atomic E-state index is -3.77.